The van der Waals surface area contributed by atoms with E-state index in [-0.39, 0.29) is 5.91 Å². The number of anilines is 1. The summed E-state index contributed by atoms with van der Waals surface area (Å²) in [5, 5.41) is 15.4. The van der Waals surface area contributed by atoms with E-state index in [0.29, 0.717) is 39.7 Å². The largest absolute Gasteiger partial charge is 0.421 e. The third-order valence-corrected chi connectivity index (χ3v) is 4.35. The normalized spacial score (nSPS) is 10.8. The molecule has 0 bridgehead atoms. The van der Waals surface area contributed by atoms with Gasteiger partial charge >= 0.3 is 0 Å². The van der Waals surface area contributed by atoms with Crippen LogP contribution in [-0.4, -0.2) is 30.9 Å². The lowest BCUT2D eigenvalue weighted by molar-refractivity contribution is 0.102. The van der Waals surface area contributed by atoms with Crippen molar-refractivity contribution in [3.05, 3.63) is 65.0 Å². The molecule has 0 aliphatic carbocycles. The number of aromatic nitrogens is 5. The molecule has 28 heavy (non-hydrogen) atoms. The van der Waals surface area contributed by atoms with Gasteiger partial charge in [0.05, 0.1) is 5.02 Å². The predicted octanol–water partition coefficient (Wildman–Crippen LogP) is 3.75. The molecule has 0 unspecified atom stereocenters. The number of amides is 1. The molecular weight excluding hydrogens is 380 g/mol. The van der Waals surface area contributed by atoms with Crippen molar-refractivity contribution in [2.24, 2.45) is 7.05 Å². The first-order chi connectivity index (χ1) is 13.5. The zero-order chi connectivity index (χ0) is 19.7. The Labute approximate surface area is 165 Å². The summed E-state index contributed by atoms with van der Waals surface area (Å²) in [5.74, 6) is 1.33. The lowest BCUT2D eigenvalue weighted by atomic mass is 10.1. The van der Waals surface area contributed by atoms with E-state index in [1.54, 1.807) is 44.3 Å². The average Bonchev–Trinajstić information content (AvgIpc) is 3.28. The fraction of sp³-hybridized carbons (Fsp3) is 0.105. The molecular formula is C19H15ClN6O2. The van der Waals surface area contributed by atoms with Gasteiger partial charge in [-0.2, -0.15) is 4.98 Å². The zero-order valence-corrected chi connectivity index (χ0v) is 15.8. The van der Waals surface area contributed by atoms with Crippen LogP contribution in [-0.2, 0) is 7.05 Å². The van der Waals surface area contributed by atoms with E-state index in [1.165, 1.54) is 4.68 Å². The number of benzene rings is 2. The summed E-state index contributed by atoms with van der Waals surface area (Å²) < 4.78 is 6.87. The topological polar surface area (TPSA) is 98.7 Å². The number of nitrogens with one attached hydrogen (secondary N) is 1. The number of hydrogen-bond donors (Lipinski definition) is 1. The van der Waals surface area contributed by atoms with E-state index in [2.05, 4.69) is 25.6 Å². The number of hydrogen-bond acceptors (Lipinski definition) is 6. The molecule has 4 rings (SSSR count). The summed E-state index contributed by atoms with van der Waals surface area (Å²) in [7, 11) is 1.70. The van der Waals surface area contributed by atoms with Crippen molar-refractivity contribution in [2.45, 2.75) is 6.92 Å². The minimum Gasteiger partial charge on any atom is -0.421 e. The van der Waals surface area contributed by atoms with Gasteiger partial charge in [-0.3, -0.25) is 10.1 Å². The van der Waals surface area contributed by atoms with Gasteiger partial charge in [-0.05, 0) is 36.4 Å². The van der Waals surface area contributed by atoms with E-state index in [0.717, 1.165) is 5.56 Å². The predicted molar refractivity (Wildman–Crippen MR) is 104 cm³/mol. The second kappa shape index (κ2) is 7.24. The maximum Gasteiger partial charge on any atom is 0.258 e. The van der Waals surface area contributed by atoms with Gasteiger partial charge in [0, 0.05) is 30.7 Å². The van der Waals surface area contributed by atoms with Crippen LogP contribution in [0.1, 0.15) is 16.2 Å². The molecule has 9 heteroatoms. The molecule has 1 amide bonds. The van der Waals surface area contributed by atoms with E-state index in [4.69, 9.17) is 16.0 Å². The molecule has 2 aromatic carbocycles. The fourth-order valence-corrected chi connectivity index (χ4v) is 2.82. The highest BCUT2D eigenvalue weighted by molar-refractivity contribution is 6.33. The Kier molecular flexibility index (Phi) is 4.62. The van der Waals surface area contributed by atoms with Crippen LogP contribution in [0.25, 0.3) is 22.8 Å². The van der Waals surface area contributed by atoms with Crippen LogP contribution in [0.2, 0.25) is 5.02 Å². The van der Waals surface area contributed by atoms with Crippen molar-refractivity contribution >= 4 is 23.5 Å². The lowest BCUT2D eigenvalue weighted by Crippen LogP contribution is -2.15. The highest BCUT2D eigenvalue weighted by Crippen LogP contribution is 2.26. The number of nitrogens with zero attached hydrogens (tertiary/aromatic N) is 5. The van der Waals surface area contributed by atoms with Gasteiger partial charge in [-0.15, -0.1) is 15.3 Å². The number of carbonyl (C=O) groups is 1. The van der Waals surface area contributed by atoms with E-state index < -0.39 is 0 Å². The summed E-state index contributed by atoms with van der Waals surface area (Å²) >= 11 is 6.20. The molecule has 0 saturated carbocycles. The highest BCUT2D eigenvalue weighted by Gasteiger charge is 2.15. The van der Waals surface area contributed by atoms with Crippen molar-refractivity contribution in [3.8, 4) is 22.8 Å². The molecule has 0 aliphatic rings. The Morgan fingerprint density at radius 3 is 2.54 bits per heavy atom. The first-order valence-electron chi connectivity index (χ1n) is 8.39. The van der Waals surface area contributed by atoms with Crippen molar-refractivity contribution in [1.82, 2.24) is 25.0 Å². The van der Waals surface area contributed by atoms with Crippen LogP contribution in [0.4, 0.5) is 5.95 Å². The smallest absolute Gasteiger partial charge is 0.258 e. The molecule has 0 spiro atoms. The van der Waals surface area contributed by atoms with E-state index in [9.17, 15) is 4.79 Å². The number of halogens is 1. The molecule has 2 aromatic heterocycles. The van der Waals surface area contributed by atoms with Gasteiger partial charge in [0.1, 0.15) is 0 Å². The quantitative estimate of drug-likeness (QED) is 0.566. The summed E-state index contributed by atoms with van der Waals surface area (Å²) in [4.78, 5) is 16.9. The van der Waals surface area contributed by atoms with Gasteiger partial charge in [0.25, 0.3) is 5.91 Å². The number of carbonyl (C=O) groups excluding carboxylic acids is 1. The summed E-state index contributed by atoms with van der Waals surface area (Å²) in [6.45, 7) is 1.72. The van der Waals surface area contributed by atoms with Crippen LogP contribution in [0, 0.1) is 6.92 Å². The fourth-order valence-electron chi connectivity index (χ4n) is 2.60. The van der Waals surface area contributed by atoms with Gasteiger partial charge in [0.15, 0.2) is 5.82 Å². The summed E-state index contributed by atoms with van der Waals surface area (Å²) in [6.07, 6.45) is 0. The van der Waals surface area contributed by atoms with Crippen LogP contribution in [0.15, 0.2) is 52.9 Å². The Morgan fingerprint density at radius 2 is 1.86 bits per heavy atom. The summed E-state index contributed by atoms with van der Waals surface area (Å²) in [5.41, 5.74) is 1.89. The zero-order valence-electron chi connectivity index (χ0n) is 15.0. The van der Waals surface area contributed by atoms with Crippen LogP contribution in [0.5, 0.6) is 0 Å². The van der Waals surface area contributed by atoms with Crippen molar-refractivity contribution < 1.29 is 9.21 Å². The second-order valence-electron chi connectivity index (χ2n) is 6.02. The van der Waals surface area contributed by atoms with Gasteiger partial charge in [-0.1, -0.05) is 23.7 Å². The maximum atomic E-state index is 12.6. The molecule has 4 aromatic rings. The molecule has 140 valence electrons. The number of rotatable bonds is 4. The van der Waals surface area contributed by atoms with Crippen molar-refractivity contribution in [1.29, 1.82) is 0 Å². The summed E-state index contributed by atoms with van der Waals surface area (Å²) in [6, 6.07) is 14.1. The first kappa shape index (κ1) is 17.9. The van der Waals surface area contributed by atoms with Crippen LogP contribution < -0.4 is 5.32 Å². The Bertz CT molecular complexity index is 1150. The molecule has 0 fully saturated rings. The van der Waals surface area contributed by atoms with Crippen LogP contribution >= 0.6 is 11.6 Å². The molecule has 2 heterocycles. The van der Waals surface area contributed by atoms with E-state index >= 15 is 0 Å². The SMILES string of the molecule is Cc1nnc(-c2ccc(C(=O)Nc3nc(-c4ccccc4Cl)nn3C)cc2)o1. The molecule has 0 aliphatic heterocycles. The van der Waals surface area contributed by atoms with Crippen molar-refractivity contribution in [3.63, 3.8) is 0 Å². The highest BCUT2D eigenvalue weighted by atomic mass is 35.5. The standard InChI is InChI=1S/C19H15ClN6O2/c1-11-23-24-18(28-11)13-9-7-12(8-10-13)17(27)22-19-21-16(25-26(19)2)14-5-3-4-6-15(14)20/h3-10H,1-2H3,(H,21,22,25,27). The molecule has 0 radical (unpaired) electrons. The third kappa shape index (κ3) is 3.49. The van der Waals surface area contributed by atoms with Crippen molar-refractivity contribution in [2.75, 3.05) is 5.32 Å². The molecule has 0 atom stereocenters. The average molecular weight is 395 g/mol. The Balaban J connectivity index is 1.53. The molecule has 1 N–H and O–H groups in total. The minimum absolute atomic E-state index is 0.311. The molecule has 8 nitrogen and oxygen atoms in total. The first-order valence-corrected chi connectivity index (χ1v) is 8.77. The number of aryl methyl sites for hydroxylation is 2. The minimum atomic E-state index is -0.311. The lowest BCUT2D eigenvalue weighted by Gasteiger charge is -2.04. The van der Waals surface area contributed by atoms with Gasteiger partial charge < -0.3 is 4.42 Å². The Hall–Kier alpha value is -3.52. The van der Waals surface area contributed by atoms with Gasteiger partial charge in [-0.25, -0.2) is 4.68 Å². The van der Waals surface area contributed by atoms with Crippen LogP contribution in [0.3, 0.4) is 0 Å². The van der Waals surface area contributed by atoms with E-state index in [1.807, 2.05) is 18.2 Å². The monoisotopic (exact) mass is 394 g/mol. The molecule has 0 saturated heterocycles. The van der Waals surface area contributed by atoms with Gasteiger partial charge in [0.2, 0.25) is 17.7 Å². The maximum absolute atomic E-state index is 12.6. The third-order valence-electron chi connectivity index (χ3n) is 4.02. The second-order valence-corrected chi connectivity index (χ2v) is 6.43. The Morgan fingerprint density at radius 1 is 1.11 bits per heavy atom.